The van der Waals surface area contributed by atoms with E-state index >= 15 is 0 Å². The Hall–Kier alpha value is -1.53. The van der Waals surface area contributed by atoms with Gasteiger partial charge in [-0.2, -0.15) is 8.78 Å². The van der Waals surface area contributed by atoms with Crippen LogP contribution < -0.4 is 0 Å². The molecular weight excluding hydrogens is 352 g/mol. The van der Waals surface area contributed by atoms with Crippen LogP contribution in [0.3, 0.4) is 0 Å². The van der Waals surface area contributed by atoms with Gasteiger partial charge < -0.3 is 0 Å². The van der Waals surface area contributed by atoms with Crippen molar-refractivity contribution in [2.45, 2.75) is 37.8 Å². The Kier molecular flexibility index (Phi) is 5.60. The summed E-state index contributed by atoms with van der Waals surface area (Å²) in [5.74, 6) is 0. The van der Waals surface area contributed by atoms with E-state index < -0.39 is 11.1 Å². The third kappa shape index (κ3) is 5.24. The molecule has 0 fully saturated rings. The summed E-state index contributed by atoms with van der Waals surface area (Å²) >= 11 is 6.58. The van der Waals surface area contributed by atoms with E-state index in [0.717, 1.165) is 11.9 Å². The first-order valence-corrected chi connectivity index (χ1v) is 8.48. The fraction of sp³-hybridized carbons (Fsp3) is 0.353. The Morgan fingerprint density at radius 2 is 1.79 bits per heavy atom. The highest BCUT2D eigenvalue weighted by atomic mass is 35.5. The van der Waals surface area contributed by atoms with Crippen molar-refractivity contribution in [1.29, 1.82) is 0 Å². The maximum absolute atomic E-state index is 13.7. The maximum Gasteiger partial charge on any atom is 0.365 e. The molecule has 7 heteroatoms. The largest absolute Gasteiger partial charge is 0.365 e. The van der Waals surface area contributed by atoms with Gasteiger partial charge in [0, 0.05) is 10.9 Å². The van der Waals surface area contributed by atoms with Gasteiger partial charge in [0.05, 0.1) is 11.3 Å². The Morgan fingerprint density at radius 3 is 2.33 bits per heavy atom. The van der Waals surface area contributed by atoms with Crippen molar-refractivity contribution in [3.05, 3.63) is 53.6 Å². The zero-order valence-corrected chi connectivity index (χ0v) is 15.4. The van der Waals surface area contributed by atoms with Gasteiger partial charge >= 0.3 is 5.38 Å². The molecule has 2 aromatic rings. The summed E-state index contributed by atoms with van der Waals surface area (Å²) in [5, 5.41) is -3.19. The summed E-state index contributed by atoms with van der Waals surface area (Å²) in [6.07, 6.45) is 2.38. The molecule has 0 amide bonds. The Morgan fingerprint density at radius 1 is 1.17 bits per heavy atom. The number of hydrogen-bond donors (Lipinski definition) is 0. The lowest BCUT2D eigenvalue weighted by Crippen LogP contribution is -2.18. The zero-order chi connectivity index (χ0) is 18.0. The molecule has 0 aliphatic heterocycles. The number of alkyl halides is 3. The molecule has 1 heterocycles. The topological polar surface area (TPSA) is 38.1 Å². The van der Waals surface area contributed by atoms with Gasteiger partial charge in [-0.05, 0) is 30.7 Å². The Balaban J connectivity index is 2.58. The van der Waals surface area contributed by atoms with Gasteiger partial charge in [-0.3, -0.25) is 0 Å². The molecule has 0 atom stereocenters. The molecule has 2 rings (SSSR count). The quantitative estimate of drug-likeness (QED) is 0.396. The summed E-state index contributed by atoms with van der Waals surface area (Å²) in [7, 11) is 0. The van der Waals surface area contributed by atoms with Crippen molar-refractivity contribution >= 4 is 34.1 Å². The third-order valence-corrected chi connectivity index (χ3v) is 4.17. The highest BCUT2D eigenvalue weighted by molar-refractivity contribution is 8.15. The van der Waals surface area contributed by atoms with Gasteiger partial charge in [-0.15, -0.1) is 0 Å². The zero-order valence-electron chi connectivity index (χ0n) is 13.8. The van der Waals surface area contributed by atoms with Crippen molar-refractivity contribution in [3.8, 4) is 0 Å². The van der Waals surface area contributed by atoms with Crippen LogP contribution in [0.15, 0.2) is 41.8 Å². The Labute approximate surface area is 149 Å². The minimum absolute atomic E-state index is 0.137. The minimum atomic E-state index is -3.59. The second-order valence-corrected chi connectivity index (χ2v) is 8.54. The number of aryl methyl sites for hydroxylation is 1. The fourth-order valence-electron chi connectivity index (χ4n) is 1.88. The number of aromatic nitrogens is 2. The highest BCUT2D eigenvalue weighted by Crippen LogP contribution is 2.37. The van der Waals surface area contributed by atoms with Crippen LogP contribution in [0.25, 0.3) is 0 Å². The molecule has 0 saturated carbocycles. The van der Waals surface area contributed by atoms with Crippen LogP contribution in [-0.2, 0) is 5.38 Å². The maximum atomic E-state index is 13.7. The lowest BCUT2D eigenvalue weighted by atomic mass is 10.2. The van der Waals surface area contributed by atoms with E-state index in [4.69, 9.17) is 11.6 Å². The van der Waals surface area contributed by atoms with Gasteiger partial charge in [-0.1, -0.05) is 50.2 Å². The van der Waals surface area contributed by atoms with Crippen LogP contribution in [0, 0.1) is 6.92 Å². The molecule has 24 heavy (non-hydrogen) atoms. The monoisotopic (exact) mass is 369 g/mol. The lowest BCUT2D eigenvalue weighted by molar-refractivity contribution is 0.0896. The van der Waals surface area contributed by atoms with Crippen LogP contribution in [0.4, 0.5) is 14.5 Å². The molecule has 0 spiro atoms. The van der Waals surface area contributed by atoms with E-state index in [0.29, 0.717) is 10.7 Å². The van der Waals surface area contributed by atoms with E-state index in [1.54, 1.807) is 0 Å². The van der Waals surface area contributed by atoms with Crippen molar-refractivity contribution in [2.75, 3.05) is 0 Å². The number of rotatable bonds is 3. The minimum Gasteiger partial charge on any atom is -0.244 e. The first-order chi connectivity index (χ1) is 11.1. The molecule has 0 N–H and O–H groups in total. The molecule has 0 aliphatic carbocycles. The molecule has 0 saturated heterocycles. The predicted octanol–water partition coefficient (Wildman–Crippen LogP) is 5.68. The standard InChI is InChI=1S/C17H18ClF2N3S/c1-11-5-7-12(8-6-11)23-15(24-16(2,3)4)13-9-21-10-22-14(13)17(18,19)20/h5-10H,1-4H3. The SMILES string of the molecule is Cc1ccc(N=C(SC(C)(C)C)c2cncnc2C(F)(F)Cl)cc1. The number of halogens is 3. The lowest BCUT2D eigenvalue weighted by Gasteiger charge is -2.21. The predicted molar refractivity (Wildman–Crippen MR) is 96.5 cm³/mol. The molecule has 3 nitrogen and oxygen atoms in total. The average molecular weight is 370 g/mol. The average Bonchev–Trinajstić information content (AvgIpc) is 2.47. The number of benzene rings is 1. The van der Waals surface area contributed by atoms with Crippen LogP contribution >= 0.6 is 23.4 Å². The van der Waals surface area contributed by atoms with Gasteiger partial charge in [0.2, 0.25) is 0 Å². The Bertz CT molecular complexity index is 735. The summed E-state index contributed by atoms with van der Waals surface area (Å²) in [6, 6.07) is 7.50. The summed E-state index contributed by atoms with van der Waals surface area (Å²) < 4.78 is 27.2. The van der Waals surface area contributed by atoms with Crippen LogP contribution in [0.2, 0.25) is 0 Å². The van der Waals surface area contributed by atoms with E-state index in [1.807, 2.05) is 52.0 Å². The van der Waals surface area contributed by atoms with Crippen LogP contribution in [-0.4, -0.2) is 19.8 Å². The van der Waals surface area contributed by atoms with Crippen molar-refractivity contribution in [1.82, 2.24) is 9.97 Å². The van der Waals surface area contributed by atoms with Crippen molar-refractivity contribution in [3.63, 3.8) is 0 Å². The molecule has 0 aliphatic rings. The second kappa shape index (κ2) is 7.15. The number of hydrogen-bond acceptors (Lipinski definition) is 4. The normalized spacial score (nSPS) is 13.2. The summed E-state index contributed by atoms with van der Waals surface area (Å²) in [4.78, 5) is 12.1. The van der Waals surface area contributed by atoms with Crippen molar-refractivity contribution < 1.29 is 8.78 Å². The number of aliphatic imine (C=N–C) groups is 1. The molecule has 0 unspecified atom stereocenters. The number of nitrogens with zero attached hydrogens (tertiary/aromatic N) is 3. The summed E-state index contributed by atoms with van der Waals surface area (Å²) in [6.45, 7) is 7.90. The van der Waals surface area contributed by atoms with Crippen LogP contribution in [0.5, 0.6) is 0 Å². The third-order valence-electron chi connectivity index (χ3n) is 2.88. The first kappa shape index (κ1) is 18.8. The fourth-order valence-corrected chi connectivity index (χ4v) is 3.02. The first-order valence-electron chi connectivity index (χ1n) is 7.28. The highest BCUT2D eigenvalue weighted by Gasteiger charge is 2.35. The van der Waals surface area contributed by atoms with E-state index in [-0.39, 0.29) is 10.3 Å². The van der Waals surface area contributed by atoms with Gasteiger partial charge in [-0.25, -0.2) is 15.0 Å². The molecule has 1 aromatic carbocycles. The van der Waals surface area contributed by atoms with E-state index in [2.05, 4.69) is 15.0 Å². The second-order valence-electron chi connectivity index (χ2n) is 6.25. The van der Waals surface area contributed by atoms with Crippen molar-refractivity contribution in [2.24, 2.45) is 4.99 Å². The van der Waals surface area contributed by atoms with Gasteiger partial charge in [0.15, 0.2) is 0 Å². The van der Waals surface area contributed by atoms with E-state index in [1.165, 1.54) is 18.0 Å². The smallest absolute Gasteiger partial charge is 0.244 e. The molecule has 0 bridgehead atoms. The number of thioether (sulfide) groups is 1. The summed E-state index contributed by atoms with van der Waals surface area (Å²) in [5.41, 5.74) is 1.36. The molecule has 0 radical (unpaired) electrons. The molecular formula is C17H18ClF2N3S. The van der Waals surface area contributed by atoms with Crippen LogP contribution in [0.1, 0.15) is 37.6 Å². The van der Waals surface area contributed by atoms with Gasteiger partial charge in [0.1, 0.15) is 17.1 Å². The molecule has 1 aromatic heterocycles. The van der Waals surface area contributed by atoms with E-state index in [9.17, 15) is 8.78 Å². The van der Waals surface area contributed by atoms with Gasteiger partial charge in [0.25, 0.3) is 0 Å². The molecule has 128 valence electrons.